The fraction of sp³-hybridized carbons (Fsp3) is 0.500. The van der Waals surface area contributed by atoms with Gasteiger partial charge in [0.15, 0.2) is 5.16 Å². The van der Waals surface area contributed by atoms with Crippen LogP contribution in [0.15, 0.2) is 11.4 Å². The van der Waals surface area contributed by atoms with Crippen LogP contribution in [0, 0.1) is 20.8 Å². The largest absolute Gasteiger partial charge is 0.349 e. The van der Waals surface area contributed by atoms with Gasteiger partial charge in [-0.05, 0) is 26.3 Å². The molecule has 0 aromatic carbocycles. The van der Waals surface area contributed by atoms with Crippen LogP contribution in [0.4, 0.5) is 0 Å². The minimum absolute atomic E-state index is 0.0404. The Morgan fingerprint density at radius 3 is 2.90 bits per heavy atom. The predicted octanol–water partition coefficient (Wildman–Crippen LogP) is 1.43. The van der Waals surface area contributed by atoms with Crippen LogP contribution in [0.2, 0.25) is 0 Å². The number of amides is 1. The number of carbonyl (C=O) groups excluding carboxylic acids is 1. The third-order valence-corrected chi connectivity index (χ3v) is 4.83. The molecule has 1 amide bonds. The van der Waals surface area contributed by atoms with Gasteiger partial charge in [-0.2, -0.15) is 5.10 Å². The Hall–Kier alpha value is -1.76. The van der Waals surface area contributed by atoms with E-state index >= 15 is 0 Å². The van der Waals surface area contributed by atoms with Crippen LogP contribution in [0.1, 0.15) is 22.6 Å². The Morgan fingerprint density at radius 2 is 2.24 bits per heavy atom. The quantitative estimate of drug-likeness (QED) is 0.928. The van der Waals surface area contributed by atoms with Crippen LogP contribution in [0.3, 0.4) is 0 Å². The summed E-state index contributed by atoms with van der Waals surface area (Å²) in [4.78, 5) is 16.5. The molecule has 0 fully saturated rings. The van der Waals surface area contributed by atoms with E-state index in [1.807, 2.05) is 27.0 Å². The second-order valence-electron chi connectivity index (χ2n) is 5.29. The Morgan fingerprint density at radius 1 is 1.43 bits per heavy atom. The molecule has 1 N–H and O–H groups in total. The van der Waals surface area contributed by atoms with E-state index in [2.05, 4.69) is 20.0 Å². The first-order valence-electron chi connectivity index (χ1n) is 7.00. The normalized spacial score (nSPS) is 13.5. The molecule has 0 bridgehead atoms. The van der Waals surface area contributed by atoms with E-state index < -0.39 is 0 Å². The van der Waals surface area contributed by atoms with Gasteiger partial charge in [0.05, 0.1) is 17.9 Å². The van der Waals surface area contributed by atoms with Gasteiger partial charge in [0, 0.05) is 24.2 Å². The number of aromatic nitrogens is 4. The molecule has 0 spiro atoms. The first kappa shape index (κ1) is 14.2. The van der Waals surface area contributed by atoms with E-state index in [1.54, 1.807) is 16.4 Å². The molecule has 0 aliphatic carbocycles. The number of fused-ring (bicyclic) bond motifs is 1. The minimum atomic E-state index is -0.0404. The smallest absolute Gasteiger partial charge is 0.242 e. The molecule has 0 radical (unpaired) electrons. The summed E-state index contributed by atoms with van der Waals surface area (Å²) in [6, 6.07) is 0. The standard InChI is InChI=1S/C14H19N5OS/c1-9-10(2)17-19(11(9)3)8-13(20)15-6-12-7-18-4-5-21-14(18)16-12/h7H,4-6,8H2,1-3H3,(H,15,20). The summed E-state index contributed by atoms with van der Waals surface area (Å²) in [5.41, 5.74) is 4.07. The molecule has 0 unspecified atom stereocenters. The molecule has 0 atom stereocenters. The maximum atomic E-state index is 12.0. The van der Waals surface area contributed by atoms with Crippen LogP contribution >= 0.6 is 11.8 Å². The first-order valence-corrected chi connectivity index (χ1v) is 7.99. The highest BCUT2D eigenvalue weighted by molar-refractivity contribution is 7.99. The summed E-state index contributed by atoms with van der Waals surface area (Å²) in [5.74, 6) is 1.05. The van der Waals surface area contributed by atoms with E-state index in [0.29, 0.717) is 6.54 Å². The lowest BCUT2D eigenvalue weighted by atomic mass is 10.2. The third kappa shape index (κ3) is 2.83. The fourth-order valence-electron chi connectivity index (χ4n) is 2.37. The van der Waals surface area contributed by atoms with E-state index in [-0.39, 0.29) is 12.5 Å². The van der Waals surface area contributed by atoms with Gasteiger partial charge in [-0.15, -0.1) is 0 Å². The maximum absolute atomic E-state index is 12.0. The molecule has 3 rings (SSSR count). The third-order valence-electron chi connectivity index (χ3n) is 3.86. The predicted molar refractivity (Wildman–Crippen MR) is 81.2 cm³/mol. The van der Waals surface area contributed by atoms with Crippen molar-refractivity contribution in [2.45, 2.75) is 45.6 Å². The Balaban J connectivity index is 1.57. The van der Waals surface area contributed by atoms with Crippen molar-refractivity contribution >= 4 is 17.7 Å². The zero-order valence-electron chi connectivity index (χ0n) is 12.5. The van der Waals surface area contributed by atoms with Gasteiger partial charge in [-0.3, -0.25) is 9.48 Å². The molecule has 1 aliphatic rings. The highest BCUT2D eigenvalue weighted by atomic mass is 32.2. The van der Waals surface area contributed by atoms with E-state index in [0.717, 1.165) is 40.1 Å². The average molecular weight is 305 g/mol. The first-order chi connectivity index (χ1) is 10.0. The number of carbonyl (C=O) groups is 1. The zero-order valence-corrected chi connectivity index (χ0v) is 13.3. The summed E-state index contributed by atoms with van der Waals surface area (Å²) in [7, 11) is 0. The lowest BCUT2D eigenvalue weighted by molar-refractivity contribution is -0.122. The number of thioether (sulfide) groups is 1. The Labute approximate surface area is 127 Å². The van der Waals surface area contributed by atoms with Gasteiger partial charge in [0.1, 0.15) is 6.54 Å². The van der Waals surface area contributed by atoms with Gasteiger partial charge >= 0.3 is 0 Å². The van der Waals surface area contributed by atoms with Crippen molar-refractivity contribution in [2.24, 2.45) is 0 Å². The van der Waals surface area contributed by atoms with Crippen LogP contribution in [0.5, 0.6) is 0 Å². The second-order valence-corrected chi connectivity index (χ2v) is 6.35. The molecule has 0 saturated heterocycles. The number of hydrogen-bond donors (Lipinski definition) is 1. The molecule has 2 aromatic rings. The SMILES string of the molecule is Cc1nn(CC(=O)NCc2cn3c(n2)SCC3)c(C)c1C. The fourth-order valence-corrected chi connectivity index (χ4v) is 3.33. The van der Waals surface area contributed by atoms with Gasteiger partial charge in [-0.1, -0.05) is 11.8 Å². The monoisotopic (exact) mass is 305 g/mol. The highest BCUT2D eigenvalue weighted by Crippen LogP contribution is 2.24. The number of nitrogens with one attached hydrogen (secondary N) is 1. The van der Waals surface area contributed by atoms with E-state index in [9.17, 15) is 4.79 Å². The van der Waals surface area contributed by atoms with Gasteiger partial charge in [-0.25, -0.2) is 4.98 Å². The molecular formula is C14H19N5OS. The average Bonchev–Trinajstić information content (AvgIpc) is 3.08. The molecule has 1 aliphatic heterocycles. The van der Waals surface area contributed by atoms with E-state index in [1.165, 1.54) is 0 Å². The lowest BCUT2D eigenvalue weighted by Crippen LogP contribution is -2.28. The zero-order chi connectivity index (χ0) is 15.0. The van der Waals surface area contributed by atoms with Crippen molar-refractivity contribution in [3.63, 3.8) is 0 Å². The maximum Gasteiger partial charge on any atom is 0.242 e. The number of aryl methyl sites for hydroxylation is 2. The second kappa shape index (κ2) is 5.55. The molecule has 21 heavy (non-hydrogen) atoms. The van der Waals surface area contributed by atoms with Gasteiger partial charge in [0.2, 0.25) is 5.91 Å². The number of rotatable bonds is 4. The van der Waals surface area contributed by atoms with Crippen LogP contribution in [0.25, 0.3) is 0 Å². The number of nitrogens with zero attached hydrogens (tertiary/aromatic N) is 4. The molecule has 3 heterocycles. The molecule has 6 nitrogen and oxygen atoms in total. The van der Waals surface area contributed by atoms with E-state index in [4.69, 9.17) is 0 Å². The van der Waals surface area contributed by atoms with Crippen LogP contribution in [-0.4, -0.2) is 31.0 Å². The number of hydrogen-bond acceptors (Lipinski definition) is 4. The van der Waals surface area contributed by atoms with Crippen molar-refractivity contribution in [1.29, 1.82) is 0 Å². The number of imidazole rings is 1. The van der Waals surface area contributed by atoms with Crippen molar-refractivity contribution < 1.29 is 4.79 Å². The molecule has 7 heteroatoms. The minimum Gasteiger partial charge on any atom is -0.349 e. The summed E-state index contributed by atoms with van der Waals surface area (Å²) in [6.45, 7) is 7.70. The molecule has 0 saturated carbocycles. The van der Waals surface area contributed by atoms with Crippen molar-refractivity contribution in [3.8, 4) is 0 Å². The topological polar surface area (TPSA) is 64.7 Å². The van der Waals surface area contributed by atoms with Crippen molar-refractivity contribution in [2.75, 3.05) is 5.75 Å². The molecule has 112 valence electrons. The lowest BCUT2D eigenvalue weighted by Gasteiger charge is -2.05. The van der Waals surface area contributed by atoms with Gasteiger partial charge < -0.3 is 9.88 Å². The van der Waals surface area contributed by atoms with Crippen LogP contribution in [-0.2, 0) is 24.4 Å². The van der Waals surface area contributed by atoms with Gasteiger partial charge in [0.25, 0.3) is 0 Å². The van der Waals surface area contributed by atoms with Crippen molar-refractivity contribution in [3.05, 3.63) is 28.8 Å². The molecular weight excluding hydrogens is 286 g/mol. The summed E-state index contributed by atoms with van der Waals surface area (Å²) >= 11 is 1.76. The summed E-state index contributed by atoms with van der Waals surface area (Å²) in [6.07, 6.45) is 2.02. The molecule has 2 aromatic heterocycles. The highest BCUT2D eigenvalue weighted by Gasteiger charge is 2.15. The summed E-state index contributed by atoms with van der Waals surface area (Å²) < 4.78 is 3.89. The van der Waals surface area contributed by atoms with Crippen LogP contribution < -0.4 is 5.32 Å². The Kier molecular flexibility index (Phi) is 3.75. The van der Waals surface area contributed by atoms with Crippen molar-refractivity contribution in [1.82, 2.24) is 24.6 Å². The Bertz CT molecular complexity index is 666. The summed E-state index contributed by atoms with van der Waals surface area (Å²) in [5, 5.41) is 8.33.